The maximum absolute atomic E-state index is 13.0. The number of amides is 1. The van der Waals surface area contributed by atoms with Gasteiger partial charge < -0.3 is 18.9 Å². The Balaban J connectivity index is 1.43. The van der Waals surface area contributed by atoms with E-state index >= 15 is 0 Å². The maximum atomic E-state index is 13.0. The molecule has 180 valence electrons. The van der Waals surface area contributed by atoms with Crippen LogP contribution in [-0.2, 0) is 14.3 Å². The lowest BCUT2D eigenvalue weighted by molar-refractivity contribution is -0.127. The van der Waals surface area contributed by atoms with Crippen LogP contribution in [0.15, 0.2) is 50.8 Å². The third-order valence-electron chi connectivity index (χ3n) is 5.81. The van der Waals surface area contributed by atoms with Gasteiger partial charge >= 0.3 is 0 Å². The van der Waals surface area contributed by atoms with Crippen molar-refractivity contribution in [2.24, 2.45) is 5.92 Å². The smallest absolute Gasteiger partial charge is 0.220 e. The fourth-order valence-corrected chi connectivity index (χ4v) is 4.86. The van der Waals surface area contributed by atoms with Gasteiger partial charge in [-0.05, 0) is 50.5 Å². The topological polar surface area (TPSA) is 120 Å². The van der Waals surface area contributed by atoms with Gasteiger partial charge in [-0.2, -0.15) is 0 Å². The molecule has 1 aliphatic carbocycles. The molecule has 0 aliphatic heterocycles. The summed E-state index contributed by atoms with van der Waals surface area (Å²) in [5.41, 5.74) is 0.976. The Morgan fingerprint density at radius 2 is 1.82 bits per heavy atom. The first-order valence-corrected chi connectivity index (χ1v) is 12.5. The van der Waals surface area contributed by atoms with Gasteiger partial charge in [-0.15, -0.1) is 10.2 Å². The summed E-state index contributed by atoms with van der Waals surface area (Å²) in [4.78, 5) is 29.6. The minimum Gasteiger partial charge on any atom is -0.463 e. The number of hydrogen-bond donors (Lipinski definition) is 1. The molecule has 0 saturated heterocycles. The Morgan fingerprint density at radius 1 is 1.09 bits per heavy atom. The van der Waals surface area contributed by atoms with E-state index in [9.17, 15) is 9.59 Å². The highest BCUT2D eigenvalue weighted by Gasteiger charge is 2.35. The monoisotopic (exact) mass is 484 g/mol. The zero-order chi connectivity index (χ0) is 23.9. The molecule has 1 saturated carbocycles. The second-order valence-electron chi connectivity index (χ2n) is 8.03. The Hall–Kier alpha value is -2.98. The molecule has 1 fully saturated rings. The van der Waals surface area contributed by atoms with Crippen molar-refractivity contribution < 1.29 is 23.2 Å². The molecule has 4 rings (SSSR count). The average molecular weight is 485 g/mol. The quantitative estimate of drug-likeness (QED) is 0.423. The summed E-state index contributed by atoms with van der Waals surface area (Å²) in [6.45, 7) is 4.33. The van der Waals surface area contributed by atoms with Crippen molar-refractivity contribution in [3.63, 3.8) is 0 Å². The predicted octanol–water partition coefficient (Wildman–Crippen LogP) is 4.15. The van der Waals surface area contributed by atoms with Crippen molar-refractivity contribution in [2.45, 2.75) is 56.8 Å². The van der Waals surface area contributed by atoms with Crippen LogP contribution in [0.1, 0.15) is 39.5 Å². The van der Waals surface area contributed by atoms with E-state index < -0.39 is 0 Å². The van der Waals surface area contributed by atoms with Crippen molar-refractivity contribution in [3.8, 4) is 22.9 Å². The molecule has 0 radical (unpaired) electrons. The number of carbonyl (C=O) groups is 2. The SMILES string of the molecule is CCOC1CCC(C(=O)CSc2nnc(-c3ccco3)c(-c3ccco3)n2)CC1NC(=O)CC. The molecule has 3 atom stereocenters. The van der Waals surface area contributed by atoms with Crippen LogP contribution < -0.4 is 5.32 Å². The van der Waals surface area contributed by atoms with E-state index in [1.165, 1.54) is 11.8 Å². The summed E-state index contributed by atoms with van der Waals surface area (Å²) in [6, 6.07) is 6.95. The minimum absolute atomic E-state index is 0.0289. The van der Waals surface area contributed by atoms with Gasteiger partial charge in [-0.25, -0.2) is 4.98 Å². The molecule has 3 unspecified atom stereocenters. The highest BCUT2D eigenvalue weighted by atomic mass is 32.2. The van der Waals surface area contributed by atoms with Gasteiger partial charge in [0.05, 0.1) is 30.4 Å². The standard InChI is InChI=1S/C24H28N4O5S/c1-3-21(30)25-16-13-15(9-10-18(16)31-4-2)17(29)14-34-24-26-22(19-7-5-11-32-19)23(27-28-24)20-8-6-12-33-20/h5-8,11-12,15-16,18H,3-4,9-10,13-14H2,1-2H3,(H,25,30). The van der Waals surface area contributed by atoms with E-state index in [4.69, 9.17) is 13.6 Å². The number of Topliss-reactive ketones (excluding diaryl/α,β-unsaturated/α-hetero) is 1. The van der Waals surface area contributed by atoms with Crippen molar-refractivity contribution in [3.05, 3.63) is 36.8 Å². The van der Waals surface area contributed by atoms with E-state index in [0.717, 1.165) is 12.8 Å². The fraction of sp³-hybridized carbons (Fsp3) is 0.458. The van der Waals surface area contributed by atoms with Crippen molar-refractivity contribution >= 4 is 23.5 Å². The van der Waals surface area contributed by atoms with E-state index in [1.807, 2.05) is 13.8 Å². The maximum Gasteiger partial charge on any atom is 0.220 e. The number of nitrogens with one attached hydrogen (secondary N) is 1. The van der Waals surface area contributed by atoms with Crippen LogP contribution in [0.25, 0.3) is 22.9 Å². The summed E-state index contributed by atoms with van der Waals surface area (Å²) in [5, 5.41) is 11.9. The van der Waals surface area contributed by atoms with E-state index in [-0.39, 0.29) is 35.5 Å². The third-order valence-corrected chi connectivity index (χ3v) is 6.67. The molecule has 1 amide bonds. The van der Waals surface area contributed by atoms with Crippen molar-refractivity contribution in [2.75, 3.05) is 12.4 Å². The summed E-state index contributed by atoms with van der Waals surface area (Å²) in [7, 11) is 0. The molecule has 3 aromatic heterocycles. The molecule has 0 bridgehead atoms. The third kappa shape index (κ3) is 5.74. The molecule has 9 nitrogen and oxygen atoms in total. The molecule has 1 aliphatic rings. The molecule has 10 heteroatoms. The first kappa shape index (κ1) is 24.2. The van der Waals surface area contributed by atoms with Crippen LogP contribution >= 0.6 is 11.8 Å². The largest absolute Gasteiger partial charge is 0.463 e. The lowest BCUT2D eigenvalue weighted by atomic mass is 9.81. The molecule has 34 heavy (non-hydrogen) atoms. The van der Waals surface area contributed by atoms with Crippen LogP contribution in [0.3, 0.4) is 0 Å². The number of nitrogens with zero attached hydrogens (tertiary/aromatic N) is 3. The van der Waals surface area contributed by atoms with E-state index in [0.29, 0.717) is 47.5 Å². The summed E-state index contributed by atoms with van der Waals surface area (Å²) in [6.07, 6.45) is 5.50. The van der Waals surface area contributed by atoms with E-state index in [2.05, 4.69) is 20.5 Å². The van der Waals surface area contributed by atoms with Crippen LogP contribution in [0.5, 0.6) is 0 Å². The number of hydrogen-bond acceptors (Lipinski definition) is 9. The fourth-order valence-electron chi connectivity index (χ4n) is 4.10. The molecule has 3 heterocycles. The lowest BCUT2D eigenvalue weighted by Gasteiger charge is -2.35. The van der Waals surface area contributed by atoms with Crippen LogP contribution in [0, 0.1) is 5.92 Å². The predicted molar refractivity (Wildman–Crippen MR) is 126 cm³/mol. The van der Waals surface area contributed by atoms with Crippen LogP contribution in [0.2, 0.25) is 0 Å². The molecule has 0 aromatic carbocycles. The Kier molecular flexibility index (Phi) is 8.12. The first-order valence-electron chi connectivity index (χ1n) is 11.5. The summed E-state index contributed by atoms with van der Waals surface area (Å²) in [5.74, 6) is 1.22. The number of rotatable bonds is 10. The van der Waals surface area contributed by atoms with Gasteiger partial charge in [0.15, 0.2) is 17.2 Å². The van der Waals surface area contributed by atoms with Gasteiger partial charge in [0.25, 0.3) is 0 Å². The molecule has 0 spiro atoms. The van der Waals surface area contributed by atoms with Crippen molar-refractivity contribution in [1.82, 2.24) is 20.5 Å². The average Bonchev–Trinajstić information content (AvgIpc) is 3.58. The van der Waals surface area contributed by atoms with Crippen LogP contribution in [-0.4, -0.2) is 51.4 Å². The van der Waals surface area contributed by atoms with Crippen molar-refractivity contribution in [1.29, 1.82) is 0 Å². The van der Waals surface area contributed by atoms with Gasteiger partial charge in [0.1, 0.15) is 11.5 Å². The van der Waals surface area contributed by atoms with Gasteiger partial charge in [0, 0.05) is 18.9 Å². The Labute approximate surface area is 202 Å². The number of carbonyl (C=O) groups excluding carboxylic acids is 2. The van der Waals surface area contributed by atoms with E-state index in [1.54, 1.807) is 36.8 Å². The number of aromatic nitrogens is 3. The highest BCUT2D eigenvalue weighted by molar-refractivity contribution is 7.99. The second-order valence-corrected chi connectivity index (χ2v) is 8.98. The van der Waals surface area contributed by atoms with Gasteiger partial charge in [-0.1, -0.05) is 18.7 Å². The zero-order valence-corrected chi connectivity index (χ0v) is 20.0. The zero-order valence-electron chi connectivity index (χ0n) is 19.2. The van der Waals surface area contributed by atoms with Gasteiger partial charge in [0.2, 0.25) is 11.1 Å². The molecular formula is C24H28N4O5S. The highest BCUT2D eigenvalue weighted by Crippen LogP contribution is 2.32. The molecular weight excluding hydrogens is 456 g/mol. The number of thioether (sulfide) groups is 1. The Morgan fingerprint density at radius 3 is 2.47 bits per heavy atom. The summed E-state index contributed by atoms with van der Waals surface area (Å²) < 4.78 is 16.8. The minimum atomic E-state index is -0.156. The molecule has 1 N–H and O–H groups in total. The first-order chi connectivity index (χ1) is 16.6. The van der Waals surface area contributed by atoms with Gasteiger partial charge in [-0.3, -0.25) is 9.59 Å². The number of furan rings is 2. The summed E-state index contributed by atoms with van der Waals surface area (Å²) >= 11 is 1.25. The Bertz CT molecular complexity index is 1090. The normalized spacial score (nSPS) is 20.2. The van der Waals surface area contributed by atoms with Crippen LogP contribution in [0.4, 0.5) is 0 Å². The second kappa shape index (κ2) is 11.4. The lowest BCUT2D eigenvalue weighted by Crippen LogP contribution is -2.49. The number of ether oxygens (including phenoxy) is 1. The number of ketones is 1. The molecule has 3 aromatic rings.